The fourth-order valence-electron chi connectivity index (χ4n) is 2.36. The van der Waals surface area contributed by atoms with Crippen LogP contribution in [0, 0.1) is 12.7 Å². The lowest BCUT2D eigenvalue weighted by Crippen LogP contribution is -2.43. The largest absolute Gasteiger partial charge is 0.389 e. The normalized spacial score (nSPS) is 19.7. The van der Waals surface area contributed by atoms with E-state index in [-0.39, 0.29) is 5.82 Å². The monoisotopic (exact) mass is 223 g/mol. The maximum Gasteiger partial charge on any atom is 0.123 e. The lowest BCUT2D eigenvalue weighted by molar-refractivity contribution is 0.0108. The smallest absolute Gasteiger partial charge is 0.123 e. The number of hydrogen-bond acceptors (Lipinski definition) is 2. The number of aryl methyl sites for hydroxylation is 1. The summed E-state index contributed by atoms with van der Waals surface area (Å²) < 4.78 is 13.2. The minimum atomic E-state index is -0.661. The van der Waals surface area contributed by atoms with Crippen molar-refractivity contribution in [1.82, 2.24) is 5.32 Å². The summed E-state index contributed by atoms with van der Waals surface area (Å²) in [7, 11) is 0. The second kappa shape index (κ2) is 4.52. The molecule has 0 amide bonds. The van der Waals surface area contributed by atoms with Gasteiger partial charge in [-0.1, -0.05) is 6.07 Å². The molecule has 0 saturated carbocycles. The molecule has 3 heteroatoms. The summed E-state index contributed by atoms with van der Waals surface area (Å²) in [6.07, 6.45) is 2.03. The molecule has 1 aliphatic heterocycles. The van der Waals surface area contributed by atoms with E-state index in [2.05, 4.69) is 5.32 Å². The molecule has 1 fully saturated rings. The molecule has 1 heterocycles. The van der Waals surface area contributed by atoms with Crippen LogP contribution in [0.2, 0.25) is 0 Å². The Morgan fingerprint density at radius 3 is 2.62 bits per heavy atom. The number of benzene rings is 1. The number of aliphatic hydroxyl groups is 1. The van der Waals surface area contributed by atoms with Crippen LogP contribution in [0.25, 0.3) is 0 Å². The summed E-state index contributed by atoms with van der Waals surface area (Å²) in [5.41, 5.74) is 1.14. The SMILES string of the molecule is Cc1cc(F)cc(CC2(O)CCNCC2)c1. The number of hydrogen-bond donors (Lipinski definition) is 2. The zero-order valence-corrected chi connectivity index (χ0v) is 9.59. The first-order chi connectivity index (χ1) is 7.57. The molecule has 0 radical (unpaired) electrons. The summed E-state index contributed by atoms with van der Waals surface area (Å²) in [6, 6.07) is 4.98. The molecular weight excluding hydrogens is 205 g/mol. The fraction of sp³-hybridized carbons (Fsp3) is 0.538. The summed E-state index contributed by atoms with van der Waals surface area (Å²) in [4.78, 5) is 0. The van der Waals surface area contributed by atoms with Gasteiger partial charge in [-0.25, -0.2) is 4.39 Å². The van der Waals surface area contributed by atoms with E-state index in [4.69, 9.17) is 0 Å². The van der Waals surface area contributed by atoms with Gasteiger partial charge in [-0.05, 0) is 56.1 Å². The summed E-state index contributed by atoms with van der Waals surface area (Å²) >= 11 is 0. The maximum absolute atomic E-state index is 13.2. The molecule has 0 spiro atoms. The van der Waals surface area contributed by atoms with E-state index in [0.29, 0.717) is 6.42 Å². The Morgan fingerprint density at radius 1 is 1.31 bits per heavy atom. The molecule has 2 nitrogen and oxygen atoms in total. The van der Waals surface area contributed by atoms with Crippen LogP contribution in [0.3, 0.4) is 0 Å². The minimum Gasteiger partial charge on any atom is -0.389 e. The molecule has 1 aromatic carbocycles. The Bertz CT molecular complexity index is 352. The Morgan fingerprint density at radius 2 is 2.00 bits per heavy atom. The molecule has 0 aliphatic carbocycles. The quantitative estimate of drug-likeness (QED) is 0.801. The fourth-order valence-corrected chi connectivity index (χ4v) is 2.36. The van der Waals surface area contributed by atoms with Crippen molar-refractivity contribution >= 4 is 0 Å². The molecule has 88 valence electrons. The molecule has 1 saturated heterocycles. The molecule has 0 bridgehead atoms. The summed E-state index contributed by atoms with van der Waals surface area (Å²) in [5, 5.41) is 13.6. The highest BCUT2D eigenvalue weighted by Crippen LogP contribution is 2.24. The van der Waals surface area contributed by atoms with E-state index in [1.54, 1.807) is 0 Å². The Hall–Kier alpha value is -0.930. The maximum atomic E-state index is 13.2. The predicted octanol–water partition coefficient (Wildman–Crippen LogP) is 1.79. The van der Waals surface area contributed by atoms with Gasteiger partial charge in [-0.3, -0.25) is 0 Å². The number of halogens is 1. The van der Waals surface area contributed by atoms with Crippen molar-refractivity contribution < 1.29 is 9.50 Å². The first-order valence-electron chi connectivity index (χ1n) is 5.77. The standard InChI is InChI=1S/C13H18FNO/c1-10-6-11(8-12(14)7-10)9-13(16)2-4-15-5-3-13/h6-8,15-16H,2-5,9H2,1H3. The van der Waals surface area contributed by atoms with E-state index in [9.17, 15) is 9.50 Å². The second-order valence-electron chi connectivity index (χ2n) is 4.79. The van der Waals surface area contributed by atoms with Gasteiger partial charge in [0.2, 0.25) is 0 Å². The van der Waals surface area contributed by atoms with E-state index >= 15 is 0 Å². The van der Waals surface area contributed by atoms with Gasteiger partial charge < -0.3 is 10.4 Å². The third-order valence-corrected chi connectivity index (χ3v) is 3.17. The zero-order chi connectivity index (χ0) is 11.6. The molecule has 1 aromatic rings. The van der Waals surface area contributed by atoms with Crippen LogP contribution in [-0.4, -0.2) is 23.8 Å². The minimum absolute atomic E-state index is 0.215. The molecule has 2 rings (SSSR count). The molecular formula is C13H18FNO. The second-order valence-corrected chi connectivity index (χ2v) is 4.79. The van der Waals surface area contributed by atoms with Crippen molar-refractivity contribution in [2.45, 2.75) is 31.8 Å². The lowest BCUT2D eigenvalue weighted by Gasteiger charge is -2.32. The average Bonchev–Trinajstić information content (AvgIpc) is 2.15. The molecule has 0 unspecified atom stereocenters. The van der Waals surface area contributed by atoms with Crippen molar-refractivity contribution in [3.05, 3.63) is 35.1 Å². The first-order valence-corrected chi connectivity index (χ1v) is 5.77. The van der Waals surface area contributed by atoms with Crippen LogP contribution in [0.1, 0.15) is 24.0 Å². The van der Waals surface area contributed by atoms with Gasteiger partial charge in [0.05, 0.1) is 5.60 Å². The van der Waals surface area contributed by atoms with Crippen LogP contribution in [0.4, 0.5) is 4.39 Å². The predicted molar refractivity (Wildman–Crippen MR) is 61.9 cm³/mol. The number of nitrogens with one attached hydrogen (secondary N) is 1. The van der Waals surface area contributed by atoms with E-state index in [1.165, 1.54) is 12.1 Å². The topological polar surface area (TPSA) is 32.3 Å². The lowest BCUT2D eigenvalue weighted by atomic mass is 9.86. The van der Waals surface area contributed by atoms with E-state index in [0.717, 1.165) is 37.1 Å². The highest BCUT2D eigenvalue weighted by molar-refractivity contribution is 5.25. The van der Waals surface area contributed by atoms with Gasteiger partial charge in [-0.15, -0.1) is 0 Å². The first kappa shape index (κ1) is 11.6. The average molecular weight is 223 g/mol. The highest BCUT2D eigenvalue weighted by Gasteiger charge is 2.29. The Kier molecular flexibility index (Phi) is 3.26. The van der Waals surface area contributed by atoms with Crippen molar-refractivity contribution in [2.24, 2.45) is 0 Å². The zero-order valence-electron chi connectivity index (χ0n) is 9.59. The van der Waals surface area contributed by atoms with Gasteiger partial charge in [0.25, 0.3) is 0 Å². The van der Waals surface area contributed by atoms with Gasteiger partial charge in [0, 0.05) is 6.42 Å². The molecule has 16 heavy (non-hydrogen) atoms. The molecule has 1 aliphatic rings. The Labute approximate surface area is 95.5 Å². The number of piperidine rings is 1. The van der Waals surface area contributed by atoms with Crippen LogP contribution < -0.4 is 5.32 Å². The third kappa shape index (κ3) is 2.80. The Balaban J connectivity index is 2.13. The van der Waals surface area contributed by atoms with Crippen molar-refractivity contribution in [3.63, 3.8) is 0 Å². The molecule has 2 N–H and O–H groups in total. The van der Waals surface area contributed by atoms with Crippen molar-refractivity contribution in [1.29, 1.82) is 0 Å². The van der Waals surface area contributed by atoms with Crippen LogP contribution in [0.15, 0.2) is 18.2 Å². The van der Waals surface area contributed by atoms with Crippen molar-refractivity contribution in [3.8, 4) is 0 Å². The number of rotatable bonds is 2. The van der Waals surface area contributed by atoms with Gasteiger partial charge in [-0.2, -0.15) is 0 Å². The third-order valence-electron chi connectivity index (χ3n) is 3.17. The van der Waals surface area contributed by atoms with Gasteiger partial charge in [0.15, 0.2) is 0 Å². The summed E-state index contributed by atoms with van der Waals surface area (Å²) in [5.74, 6) is -0.215. The highest BCUT2D eigenvalue weighted by atomic mass is 19.1. The summed E-state index contributed by atoms with van der Waals surface area (Å²) in [6.45, 7) is 3.55. The van der Waals surface area contributed by atoms with E-state index < -0.39 is 5.60 Å². The van der Waals surface area contributed by atoms with Crippen LogP contribution >= 0.6 is 0 Å². The van der Waals surface area contributed by atoms with Crippen LogP contribution in [0.5, 0.6) is 0 Å². The molecule has 0 aromatic heterocycles. The molecule has 0 atom stereocenters. The van der Waals surface area contributed by atoms with Gasteiger partial charge >= 0.3 is 0 Å². The van der Waals surface area contributed by atoms with Crippen LogP contribution in [-0.2, 0) is 6.42 Å². The van der Waals surface area contributed by atoms with Crippen molar-refractivity contribution in [2.75, 3.05) is 13.1 Å². The van der Waals surface area contributed by atoms with Gasteiger partial charge in [0.1, 0.15) is 5.82 Å². The van der Waals surface area contributed by atoms with E-state index in [1.807, 2.05) is 13.0 Å².